The summed E-state index contributed by atoms with van der Waals surface area (Å²) in [7, 11) is -4.17. The summed E-state index contributed by atoms with van der Waals surface area (Å²) in [6.07, 6.45) is -5.17. The van der Waals surface area contributed by atoms with Crippen molar-refractivity contribution in [2.75, 3.05) is 13.2 Å². The monoisotopic (exact) mass is 461 g/mol. The predicted molar refractivity (Wildman–Crippen MR) is 105 cm³/mol. The Kier molecular flexibility index (Phi) is 8.28. The summed E-state index contributed by atoms with van der Waals surface area (Å²) in [6.45, 7) is 4.02. The third-order valence-corrected chi connectivity index (χ3v) is 5.42. The zero-order valence-electron chi connectivity index (χ0n) is 16.8. The van der Waals surface area contributed by atoms with Gasteiger partial charge in [0.1, 0.15) is 11.5 Å². The van der Waals surface area contributed by atoms with Crippen molar-refractivity contribution >= 4 is 16.0 Å². The molecule has 7 nitrogen and oxygen atoms in total. The molecule has 31 heavy (non-hydrogen) atoms. The molecule has 0 radical (unpaired) electrons. The quantitative estimate of drug-likeness (QED) is 0.539. The highest BCUT2D eigenvalue weighted by Gasteiger charge is 2.31. The fraction of sp³-hybridized carbons (Fsp3) is 0.350. The number of halogens is 3. The molecule has 0 saturated heterocycles. The van der Waals surface area contributed by atoms with E-state index in [1.807, 2.05) is 6.92 Å². The van der Waals surface area contributed by atoms with Crippen molar-refractivity contribution in [2.45, 2.75) is 37.6 Å². The predicted octanol–water partition coefficient (Wildman–Crippen LogP) is 3.96. The minimum atomic E-state index is -4.89. The van der Waals surface area contributed by atoms with Crippen LogP contribution in [0.25, 0.3) is 0 Å². The van der Waals surface area contributed by atoms with Gasteiger partial charge in [-0.2, -0.15) is 0 Å². The van der Waals surface area contributed by atoms with Crippen molar-refractivity contribution in [1.29, 1.82) is 0 Å². The molecule has 2 aromatic rings. The molecule has 0 aromatic heterocycles. The van der Waals surface area contributed by atoms with Crippen LogP contribution < -0.4 is 14.2 Å². The molecule has 0 aliphatic carbocycles. The van der Waals surface area contributed by atoms with Crippen LogP contribution >= 0.6 is 0 Å². The van der Waals surface area contributed by atoms with Crippen LogP contribution in [-0.4, -0.2) is 34.0 Å². The second kappa shape index (κ2) is 10.5. The summed E-state index contributed by atoms with van der Waals surface area (Å²) in [6, 6.07) is 9.24. The smallest absolute Gasteiger partial charge is 0.494 e. The van der Waals surface area contributed by atoms with Crippen LogP contribution in [0.15, 0.2) is 53.4 Å². The van der Waals surface area contributed by atoms with E-state index >= 15 is 0 Å². The summed E-state index contributed by atoms with van der Waals surface area (Å²) in [4.78, 5) is 11.7. The summed E-state index contributed by atoms with van der Waals surface area (Å²) in [5, 5.41) is 0. The molecule has 1 atom stereocenters. The average Bonchev–Trinajstić information content (AvgIpc) is 2.67. The van der Waals surface area contributed by atoms with Gasteiger partial charge in [-0.1, -0.05) is 12.1 Å². The molecule has 0 aliphatic rings. The van der Waals surface area contributed by atoms with E-state index in [0.29, 0.717) is 17.9 Å². The van der Waals surface area contributed by atoms with Gasteiger partial charge in [0.05, 0.1) is 30.6 Å². The molecule has 0 spiro atoms. The Hall–Kier alpha value is -2.79. The third kappa shape index (κ3) is 7.76. The normalized spacial score (nSPS) is 12.8. The van der Waals surface area contributed by atoms with Gasteiger partial charge in [-0.25, -0.2) is 13.1 Å². The van der Waals surface area contributed by atoms with Gasteiger partial charge < -0.3 is 14.2 Å². The van der Waals surface area contributed by atoms with Crippen LogP contribution in [0.4, 0.5) is 13.2 Å². The average molecular weight is 461 g/mol. The van der Waals surface area contributed by atoms with Crippen molar-refractivity contribution < 1.29 is 40.6 Å². The molecule has 11 heteroatoms. The maximum atomic E-state index is 12.8. The lowest BCUT2D eigenvalue weighted by molar-refractivity contribution is -0.274. The van der Waals surface area contributed by atoms with Gasteiger partial charge in [0.25, 0.3) is 0 Å². The SMILES string of the molecule is CCOC(=O)C[C@@H](NS(=O)(=O)c1ccc(OC(F)(F)F)cc1)c1ccc(OCC)cc1. The second-order valence-corrected chi connectivity index (χ2v) is 7.92. The molecule has 0 bridgehead atoms. The molecule has 2 rings (SSSR count). The van der Waals surface area contributed by atoms with E-state index in [9.17, 15) is 26.4 Å². The van der Waals surface area contributed by atoms with Crippen LogP contribution in [0.2, 0.25) is 0 Å². The van der Waals surface area contributed by atoms with Crippen molar-refractivity contribution in [1.82, 2.24) is 4.72 Å². The van der Waals surface area contributed by atoms with Gasteiger partial charge in [-0.3, -0.25) is 4.79 Å². The molecule has 0 aliphatic heterocycles. The minimum absolute atomic E-state index is 0.127. The van der Waals surface area contributed by atoms with Gasteiger partial charge in [0.2, 0.25) is 10.0 Å². The van der Waals surface area contributed by atoms with Crippen molar-refractivity contribution in [3.63, 3.8) is 0 Å². The highest BCUT2D eigenvalue weighted by Crippen LogP contribution is 2.26. The van der Waals surface area contributed by atoms with E-state index in [1.165, 1.54) is 0 Å². The van der Waals surface area contributed by atoms with E-state index in [2.05, 4.69) is 9.46 Å². The van der Waals surface area contributed by atoms with Crippen molar-refractivity contribution in [3.8, 4) is 11.5 Å². The first kappa shape index (κ1) is 24.5. The van der Waals surface area contributed by atoms with Gasteiger partial charge in [-0.05, 0) is 55.8 Å². The summed E-state index contributed by atoms with van der Waals surface area (Å²) < 4.78 is 78.8. The van der Waals surface area contributed by atoms with E-state index in [0.717, 1.165) is 24.3 Å². The molecule has 2 aromatic carbocycles. The zero-order chi connectivity index (χ0) is 23.1. The van der Waals surface area contributed by atoms with Crippen molar-refractivity contribution in [2.24, 2.45) is 0 Å². The third-order valence-electron chi connectivity index (χ3n) is 3.93. The fourth-order valence-electron chi connectivity index (χ4n) is 2.65. The zero-order valence-corrected chi connectivity index (χ0v) is 17.6. The number of sulfonamides is 1. The van der Waals surface area contributed by atoms with Crippen LogP contribution in [0.3, 0.4) is 0 Å². The first-order chi connectivity index (χ1) is 14.5. The second-order valence-electron chi connectivity index (χ2n) is 6.20. The maximum Gasteiger partial charge on any atom is 0.573 e. The maximum absolute atomic E-state index is 12.8. The van der Waals surface area contributed by atoms with Crippen LogP contribution in [0.1, 0.15) is 31.9 Å². The summed E-state index contributed by atoms with van der Waals surface area (Å²) >= 11 is 0. The van der Waals surface area contributed by atoms with Gasteiger partial charge >= 0.3 is 12.3 Å². The number of alkyl halides is 3. The largest absolute Gasteiger partial charge is 0.573 e. The van der Waals surface area contributed by atoms with Crippen LogP contribution in [-0.2, 0) is 19.6 Å². The Morgan fingerprint density at radius 1 is 0.968 bits per heavy atom. The number of nitrogens with one attached hydrogen (secondary N) is 1. The molecule has 170 valence electrons. The number of hydrogen-bond donors (Lipinski definition) is 1. The highest BCUT2D eigenvalue weighted by atomic mass is 32.2. The Bertz CT molecular complexity index is 960. The van der Waals surface area contributed by atoms with Crippen LogP contribution in [0.5, 0.6) is 11.5 Å². The Morgan fingerprint density at radius 3 is 2.06 bits per heavy atom. The first-order valence-corrected chi connectivity index (χ1v) is 10.8. The Labute approximate surface area is 178 Å². The molecule has 0 saturated carbocycles. The minimum Gasteiger partial charge on any atom is -0.494 e. The van der Waals surface area contributed by atoms with Crippen molar-refractivity contribution in [3.05, 3.63) is 54.1 Å². The molecule has 0 unspecified atom stereocenters. The molecule has 1 N–H and O–H groups in total. The van der Waals surface area contributed by atoms with E-state index in [4.69, 9.17) is 9.47 Å². The number of ether oxygens (including phenoxy) is 3. The van der Waals surface area contributed by atoms with Crippen LogP contribution in [0, 0.1) is 0 Å². The summed E-state index contributed by atoms with van der Waals surface area (Å²) in [5.74, 6) is -0.594. The lowest BCUT2D eigenvalue weighted by Crippen LogP contribution is -2.30. The number of hydrogen-bond acceptors (Lipinski definition) is 6. The molecular formula is C20H22F3NO6S. The lowest BCUT2D eigenvalue weighted by atomic mass is 10.0. The fourth-order valence-corrected chi connectivity index (χ4v) is 3.88. The number of carbonyl (C=O) groups is 1. The number of carbonyl (C=O) groups excluding carboxylic acids is 1. The first-order valence-electron chi connectivity index (χ1n) is 9.30. The molecule has 0 amide bonds. The standard InChI is InChI=1S/C20H22F3NO6S/c1-3-28-15-7-5-14(6-8-15)18(13-19(25)29-4-2)24-31(26,27)17-11-9-16(10-12-17)30-20(21,22)23/h5-12,18,24H,3-4,13H2,1-2H3/t18-/m1/s1. The number of benzene rings is 2. The molecule has 0 fully saturated rings. The topological polar surface area (TPSA) is 90.9 Å². The van der Waals surface area contributed by atoms with E-state index in [1.54, 1.807) is 31.2 Å². The lowest BCUT2D eigenvalue weighted by Gasteiger charge is -2.19. The number of rotatable bonds is 10. The Morgan fingerprint density at radius 2 is 1.55 bits per heavy atom. The Balaban J connectivity index is 2.26. The molecule has 0 heterocycles. The van der Waals surface area contributed by atoms with E-state index in [-0.39, 0.29) is 17.9 Å². The number of esters is 1. The highest BCUT2D eigenvalue weighted by molar-refractivity contribution is 7.89. The van der Waals surface area contributed by atoms with Gasteiger partial charge in [-0.15, -0.1) is 13.2 Å². The van der Waals surface area contributed by atoms with Gasteiger partial charge in [0.15, 0.2) is 0 Å². The van der Waals surface area contributed by atoms with Gasteiger partial charge in [0, 0.05) is 0 Å². The molecular weight excluding hydrogens is 439 g/mol. The van der Waals surface area contributed by atoms with E-state index < -0.39 is 34.1 Å². The summed E-state index contributed by atoms with van der Waals surface area (Å²) in [5.41, 5.74) is 0.483.